The lowest BCUT2D eigenvalue weighted by molar-refractivity contribution is 0.202. The zero-order valence-corrected chi connectivity index (χ0v) is 12.6. The van der Waals surface area contributed by atoms with Crippen LogP contribution in [0.1, 0.15) is 30.5 Å². The fraction of sp³-hybridized carbons (Fsp3) is 0.667. The topological polar surface area (TPSA) is 96.8 Å². The molecule has 2 heterocycles. The summed E-state index contributed by atoms with van der Waals surface area (Å²) < 4.78 is 0. The van der Waals surface area contributed by atoms with Gasteiger partial charge in [0.15, 0.2) is 0 Å². The molecule has 0 bridgehead atoms. The van der Waals surface area contributed by atoms with E-state index in [0.717, 1.165) is 45.2 Å². The van der Waals surface area contributed by atoms with Crippen molar-refractivity contribution in [2.75, 3.05) is 19.6 Å². The van der Waals surface area contributed by atoms with Crippen LogP contribution in [0.2, 0.25) is 0 Å². The highest BCUT2D eigenvalue weighted by molar-refractivity contribution is 5.74. The SMILES string of the molecule is N#CCN1CCC(NC(=O)NC2CCc3[nH]ncc3C2)CC1. The number of carbonyl (C=O) groups excluding carboxylic acids is 1. The lowest BCUT2D eigenvalue weighted by Crippen LogP contribution is -2.51. The standard InChI is InChI=1S/C15H22N6O/c16-5-8-21-6-3-12(4-7-21)18-15(22)19-13-1-2-14-11(9-13)10-17-20-14/h10,12-13H,1-4,6-9H2,(H,17,20)(H2,18,19,22). The van der Waals surface area contributed by atoms with Gasteiger partial charge in [-0.25, -0.2) is 4.79 Å². The Morgan fingerprint density at radius 3 is 2.91 bits per heavy atom. The number of amides is 2. The third-order valence-electron chi connectivity index (χ3n) is 4.57. The van der Waals surface area contributed by atoms with Crippen molar-refractivity contribution in [3.05, 3.63) is 17.5 Å². The molecule has 118 valence electrons. The first-order valence-electron chi connectivity index (χ1n) is 7.92. The number of carbonyl (C=O) groups is 1. The van der Waals surface area contributed by atoms with E-state index in [2.05, 4.69) is 31.8 Å². The molecule has 0 saturated carbocycles. The highest BCUT2D eigenvalue weighted by atomic mass is 16.2. The highest BCUT2D eigenvalue weighted by Crippen LogP contribution is 2.18. The summed E-state index contributed by atoms with van der Waals surface area (Å²) in [5, 5.41) is 21.9. The number of urea groups is 1. The zero-order valence-electron chi connectivity index (χ0n) is 12.6. The van der Waals surface area contributed by atoms with Gasteiger partial charge in [0.1, 0.15) is 0 Å². The number of nitriles is 1. The van der Waals surface area contributed by atoms with Crippen LogP contribution >= 0.6 is 0 Å². The van der Waals surface area contributed by atoms with E-state index >= 15 is 0 Å². The van der Waals surface area contributed by atoms with Crippen LogP contribution in [0.25, 0.3) is 0 Å². The third kappa shape index (κ3) is 3.57. The van der Waals surface area contributed by atoms with Crippen LogP contribution in [-0.4, -0.2) is 52.8 Å². The molecule has 7 nitrogen and oxygen atoms in total. The number of aromatic nitrogens is 2. The maximum absolute atomic E-state index is 12.1. The van der Waals surface area contributed by atoms with Gasteiger partial charge in [-0.05, 0) is 37.7 Å². The first-order chi connectivity index (χ1) is 10.7. The Morgan fingerprint density at radius 2 is 2.14 bits per heavy atom. The van der Waals surface area contributed by atoms with Crippen molar-refractivity contribution in [3.63, 3.8) is 0 Å². The minimum atomic E-state index is -0.0734. The zero-order chi connectivity index (χ0) is 15.4. The van der Waals surface area contributed by atoms with Crippen molar-refractivity contribution < 1.29 is 4.79 Å². The van der Waals surface area contributed by atoms with Crippen LogP contribution in [0, 0.1) is 11.3 Å². The van der Waals surface area contributed by atoms with Crippen molar-refractivity contribution in [2.45, 2.75) is 44.2 Å². The molecule has 0 spiro atoms. The number of nitrogens with zero attached hydrogens (tertiary/aromatic N) is 3. The summed E-state index contributed by atoms with van der Waals surface area (Å²) in [6.45, 7) is 2.23. The Bertz CT molecular complexity index is 555. The van der Waals surface area contributed by atoms with Crippen molar-refractivity contribution in [2.24, 2.45) is 0 Å². The number of aryl methyl sites for hydroxylation is 1. The van der Waals surface area contributed by atoms with Gasteiger partial charge in [-0.3, -0.25) is 10.00 Å². The van der Waals surface area contributed by atoms with Gasteiger partial charge in [0.2, 0.25) is 0 Å². The molecule has 1 aliphatic carbocycles. The summed E-state index contributed by atoms with van der Waals surface area (Å²) in [6, 6.07) is 2.49. The molecule has 3 rings (SSSR count). The maximum Gasteiger partial charge on any atom is 0.315 e. The van der Waals surface area contributed by atoms with Crippen molar-refractivity contribution in [1.82, 2.24) is 25.7 Å². The second-order valence-corrected chi connectivity index (χ2v) is 6.14. The van der Waals surface area contributed by atoms with Gasteiger partial charge in [-0.15, -0.1) is 0 Å². The van der Waals surface area contributed by atoms with Crippen LogP contribution < -0.4 is 10.6 Å². The summed E-state index contributed by atoms with van der Waals surface area (Å²) in [7, 11) is 0. The third-order valence-corrected chi connectivity index (χ3v) is 4.57. The fourth-order valence-corrected chi connectivity index (χ4v) is 3.29. The van der Waals surface area contributed by atoms with Crippen molar-refractivity contribution >= 4 is 6.03 Å². The molecule has 0 aromatic carbocycles. The predicted molar refractivity (Wildman–Crippen MR) is 81.1 cm³/mol. The summed E-state index contributed by atoms with van der Waals surface area (Å²) in [5.74, 6) is 0. The molecule has 1 fully saturated rings. The molecule has 1 atom stereocenters. The quantitative estimate of drug-likeness (QED) is 0.711. The van der Waals surface area contributed by atoms with Crippen molar-refractivity contribution in [1.29, 1.82) is 5.26 Å². The van der Waals surface area contributed by atoms with Gasteiger partial charge in [0.05, 0.1) is 18.8 Å². The minimum Gasteiger partial charge on any atom is -0.335 e. The average Bonchev–Trinajstić information content (AvgIpc) is 2.97. The fourth-order valence-electron chi connectivity index (χ4n) is 3.29. The predicted octanol–water partition coefficient (Wildman–Crippen LogP) is 0.554. The normalized spacial score (nSPS) is 22.6. The lowest BCUT2D eigenvalue weighted by atomic mass is 9.94. The van der Waals surface area contributed by atoms with E-state index < -0.39 is 0 Å². The first kappa shape index (κ1) is 14.9. The Balaban J connectivity index is 1.41. The van der Waals surface area contributed by atoms with E-state index in [1.165, 1.54) is 11.3 Å². The number of hydrogen-bond acceptors (Lipinski definition) is 4. The molecule has 1 aromatic rings. The van der Waals surface area contributed by atoms with E-state index in [1.54, 1.807) is 0 Å². The largest absolute Gasteiger partial charge is 0.335 e. The van der Waals surface area contributed by atoms with Crippen molar-refractivity contribution in [3.8, 4) is 6.07 Å². The van der Waals surface area contributed by atoms with Crippen LogP contribution in [-0.2, 0) is 12.8 Å². The van der Waals surface area contributed by atoms with E-state index in [9.17, 15) is 4.79 Å². The molecule has 3 N–H and O–H groups in total. The molecule has 2 amide bonds. The van der Waals surface area contributed by atoms with Crippen LogP contribution in [0.3, 0.4) is 0 Å². The number of H-pyrrole nitrogens is 1. The van der Waals surface area contributed by atoms with Gasteiger partial charge >= 0.3 is 6.03 Å². The molecule has 22 heavy (non-hydrogen) atoms. The number of hydrogen-bond donors (Lipinski definition) is 3. The summed E-state index contributed by atoms with van der Waals surface area (Å²) in [4.78, 5) is 14.2. The molecule has 7 heteroatoms. The van der Waals surface area contributed by atoms with Gasteiger partial charge in [0.25, 0.3) is 0 Å². The van der Waals surface area contributed by atoms with Gasteiger partial charge < -0.3 is 10.6 Å². The van der Waals surface area contributed by atoms with Gasteiger partial charge in [0, 0.05) is 30.9 Å². The molecule has 1 aromatic heterocycles. The van der Waals surface area contributed by atoms with E-state index in [4.69, 9.17) is 5.26 Å². The molecule has 0 radical (unpaired) electrons. The van der Waals surface area contributed by atoms with Crippen LogP contribution in [0.4, 0.5) is 4.79 Å². The van der Waals surface area contributed by atoms with Crippen LogP contribution in [0.15, 0.2) is 6.20 Å². The Labute approximate surface area is 130 Å². The Hall–Kier alpha value is -2.07. The van der Waals surface area contributed by atoms with E-state index in [-0.39, 0.29) is 18.1 Å². The van der Waals surface area contributed by atoms with E-state index in [0.29, 0.717) is 6.54 Å². The minimum absolute atomic E-state index is 0.0734. The lowest BCUT2D eigenvalue weighted by Gasteiger charge is -2.31. The highest BCUT2D eigenvalue weighted by Gasteiger charge is 2.24. The van der Waals surface area contributed by atoms with Gasteiger partial charge in [-0.1, -0.05) is 0 Å². The molecule has 2 aliphatic rings. The summed E-state index contributed by atoms with van der Waals surface area (Å²) in [6.07, 6.45) is 6.40. The first-order valence-corrected chi connectivity index (χ1v) is 7.92. The molecular weight excluding hydrogens is 280 g/mol. The molecule has 1 aliphatic heterocycles. The number of likely N-dealkylation sites (tertiary alicyclic amines) is 1. The van der Waals surface area contributed by atoms with Gasteiger partial charge in [-0.2, -0.15) is 10.4 Å². The Morgan fingerprint density at radius 1 is 1.36 bits per heavy atom. The number of nitrogens with one attached hydrogen (secondary N) is 3. The number of rotatable bonds is 3. The molecular formula is C15H22N6O. The Kier molecular flexibility index (Phi) is 4.59. The second-order valence-electron chi connectivity index (χ2n) is 6.14. The smallest absolute Gasteiger partial charge is 0.315 e. The summed E-state index contributed by atoms with van der Waals surface area (Å²) in [5.41, 5.74) is 2.41. The molecule has 1 unspecified atom stereocenters. The van der Waals surface area contributed by atoms with E-state index in [1.807, 2.05) is 6.20 Å². The second kappa shape index (κ2) is 6.79. The summed E-state index contributed by atoms with van der Waals surface area (Å²) >= 11 is 0. The number of fused-ring (bicyclic) bond motifs is 1. The number of aromatic amines is 1. The molecule has 1 saturated heterocycles. The monoisotopic (exact) mass is 302 g/mol. The number of piperidine rings is 1. The van der Waals surface area contributed by atoms with Crippen LogP contribution in [0.5, 0.6) is 0 Å². The maximum atomic E-state index is 12.1. The average molecular weight is 302 g/mol.